The van der Waals surface area contributed by atoms with Crippen LogP contribution in [0, 0.1) is 13.8 Å². The molecule has 1 amide bonds. The molecule has 0 unspecified atom stereocenters. The summed E-state index contributed by atoms with van der Waals surface area (Å²) in [5, 5.41) is 5.85. The number of hydrogen-bond donors (Lipinski definition) is 2. The molecule has 3 aromatic carbocycles. The normalized spacial score (nSPS) is 13.1. The van der Waals surface area contributed by atoms with Crippen LogP contribution in [0.2, 0.25) is 0 Å². The molecule has 46 heavy (non-hydrogen) atoms. The maximum atomic E-state index is 13.0. The summed E-state index contributed by atoms with van der Waals surface area (Å²) in [6.07, 6.45) is 4.58. The Labute approximate surface area is 269 Å². The van der Waals surface area contributed by atoms with Crippen LogP contribution < -0.4 is 34.3 Å². The van der Waals surface area contributed by atoms with Gasteiger partial charge in [0.25, 0.3) is 0 Å². The van der Waals surface area contributed by atoms with Crippen LogP contribution in [-0.2, 0) is 0 Å². The van der Waals surface area contributed by atoms with E-state index in [1.54, 1.807) is 51.7 Å². The quantitative estimate of drug-likeness (QED) is 0.170. The number of likely N-dealkylation sites (tertiary alicyclic amines) is 1. The summed E-state index contributed by atoms with van der Waals surface area (Å²) in [7, 11) is 4.76. The Kier molecular flexibility index (Phi) is 10.8. The molecule has 1 aromatic heterocycles. The van der Waals surface area contributed by atoms with Crippen LogP contribution in [0.15, 0.2) is 60.8 Å². The number of ether oxygens (including phenoxy) is 5. The average molecular weight is 628 g/mol. The van der Waals surface area contributed by atoms with Gasteiger partial charge in [-0.15, -0.1) is 0 Å². The van der Waals surface area contributed by atoms with E-state index in [0.717, 1.165) is 41.9 Å². The summed E-state index contributed by atoms with van der Waals surface area (Å²) in [6.45, 7) is 7.64. The lowest BCUT2D eigenvalue weighted by Gasteiger charge is -2.26. The van der Waals surface area contributed by atoms with Gasteiger partial charge in [-0.25, -0.2) is 9.78 Å². The predicted octanol–water partition coefficient (Wildman–Crippen LogP) is 7.01. The molecule has 1 saturated heterocycles. The number of hydrogen-bond acceptors (Lipinski definition) is 10. The van der Waals surface area contributed by atoms with E-state index in [4.69, 9.17) is 23.7 Å². The van der Waals surface area contributed by atoms with E-state index in [2.05, 4.69) is 25.5 Å². The summed E-state index contributed by atoms with van der Waals surface area (Å²) in [5.41, 5.74) is 4.51. The van der Waals surface area contributed by atoms with Crippen LogP contribution in [0.1, 0.15) is 30.4 Å². The second kappa shape index (κ2) is 15.3. The molecule has 4 aromatic rings. The van der Waals surface area contributed by atoms with E-state index >= 15 is 0 Å². The van der Waals surface area contributed by atoms with Crippen LogP contribution in [0.5, 0.6) is 28.7 Å². The lowest BCUT2D eigenvalue weighted by atomic mass is 9.96. The number of nitrogens with zero attached hydrogens (tertiary/aromatic N) is 3. The Bertz CT molecular complexity index is 1630. The minimum atomic E-state index is -0.698. The number of nitrogens with one attached hydrogen (secondary N) is 2. The summed E-state index contributed by atoms with van der Waals surface area (Å²) in [4.78, 5) is 24.2. The van der Waals surface area contributed by atoms with E-state index in [1.807, 2.05) is 38.1 Å². The van der Waals surface area contributed by atoms with Crippen molar-refractivity contribution >= 4 is 23.5 Å². The zero-order chi connectivity index (χ0) is 32.5. The molecule has 0 bridgehead atoms. The third-order valence-electron chi connectivity index (χ3n) is 7.99. The molecule has 1 fully saturated rings. The van der Waals surface area contributed by atoms with E-state index in [0.29, 0.717) is 41.0 Å². The molecule has 5 rings (SSSR count). The van der Waals surface area contributed by atoms with Crippen molar-refractivity contribution in [3.8, 4) is 39.9 Å². The molecule has 0 spiro atoms. The van der Waals surface area contributed by atoms with Crippen LogP contribution in [0.3, 0.4) is 0 Å². The maximum absolute atomic E-state index is 13.0. The highest BCUT2D eigenvalue weighted by Crippen LogP contribution is 2.41. The smallest absolute Gasteiger partial charge is 0.418 e. The number of carbonyl (C=O) groups excluding carboxylic acids is 1. The maximum Gasteiger partial charge on any atom is 0.418 e. The fraction of sp³-hybridized carbons (Fsp3) is 0.343. The molecule has 0 atom stereocenters. The molecule has 2 heterocycles. The second-order valence-electron chi connectivity index (χ2n) is 11.0. The van der Waals surface area contributed by atoms with Gasteiger partial charge in [-0.1, -0.05) is 24.6 Å². The standard InChI is InChI=1S/C35H41N5O6/c1-23-10-9-11-27(24(23)2)28-22-26(42-3)12-13-29(28)46-35(41)39-32-14-15-36-34(38-32)37-25-20-30(43-4)33(31(21-25)44-5)45-19-18-40-16-7-6-8-17-40/h9-15,20-22H,6-8,16-19H2,1-5H3,(H2,36,37,38,39,41). The Balaban J connectivity index is 1.27. The lowest BCUT2D eigenvalue weighted by molar-refractivity contribution is 0.177. The molecular weight excluding hydrogens is 586 g/mol. The first kappa shape index (κ1) is 32.4. The summed E-state index contributed by atoms with van der Waals surface area (Å²) < 4.78 is 28.6. The summed E-state index contributed by atoms with van der Waals surface area (Å²) in [5.74, 6) is 3.10. The minimum absolute atomic E-state index is 0.251. The van der Waals surface area contributed by atoms with E-state index < -0.39 is 6.09 Å². The van der Waals surface area contributed by atoms with Crippen molar-refractivity contribution in [2.45, 2.75) is 33.1 Å². The highest BCUT2D eigenvalue weighted by Gasteiger charge is 2.18. The SMILES string of the molecule is COc1ccc(OC(=O)Nc2ccnc(Nc3cc(OC)c(OCCN4CCCCC4)c(OC)c3)n2)c(-c2cccc(C)c2C)c1. The molecule has 0 saturated carbocycles. The fourth-order valence-corrected chi connectivity index (χ4v) is 5.38. The van der Waals surface area contributed by atoms with Crippen molar-refractivity contribution < 1.29 is 28.5 Å². The molecule has 2 N–H and O–H groups in total. The van der Waals surface area contributed by atoms with Gasteiger partial charge in [0.05, 0.1) is 21.3 Å². The van der Waals surface area contributed by atoms with Gasteiger partial charge in [-0.2, -0.15) is 4.98 Å². The third kappa shape index (κ3) is 7.97. The number of methoxy groups -OCH3 is 3. The largest absolute Gasteiger partial charge is 0.497 e. The first-order valence-electron chi connectivity index (χ1n) is 15.3. The van der Waals surface area contributed by atoms with E-state index in [-0.39, 0.29) is 11.8 Å². The zero-order valence-electron chi connectivity index (χ0n) is 27.0. The van der Waals surface area contributed by atoms with Crippen molar-refractivity contribution in [3.63, 3.8) is 0 Å². The number of aromatic nitrogens is 2. The van der Waals surface area contributed by atoms with Gasteiger partial charge in [0.15, 0.2) is 11.5 Å². The van der Waals surface area contributed by atoms with Crippen LogP contribution in [0.25, 0.3) is 11.1 Å². The predicted molar refractivity (Wildman–Crippen MR) is 178 cm³/mol. The number of aryl methyl sites for hydroxylation is 1. The molecule has 11 nitrogen and oxygen atoms in total. The molecule has 0 aliphatic carbocycles. The number of piperidine rings is 1. The zero-order valence-corrected chi connectivity index (χ0v) is 27.0. The molecule has 11 heteroatoms. The van der Waals surface area contributed by atoms with Crippen molar-refractivity contribution in [3.05, 3.63) is 71.9 Å². The van der Waals surface area contributed by atoms with Crippen molar-refractivity contribution in [2.24, 2.45) is 0 Å². The summed E-state index contributed by atoms with van der Waals surface area (Å²) in [6, 6.07) is 16.5. The summed E-state index contributed by atoms with van der Waals surface area (Å²) >= 11 is 0. The van der Waals surface area contributed by atoms with Crippen LogP contribution in [0.4, 0.5) is 22.2 Å². The Morgan fingerprint density at radius 3 is 2.35 bits per heavy atom. The van der Waals surface area contributed by atoms with Gasteiger partial charge in [-0.3, -0.25) is 10.2 Å². The van der Waals surface area contributed by atoms with Crippen LogP contribution in [-0.4, -0.2) is 68.5 Å². The second-order valence-corrected chi connectivity index (χ2v) is 11.0. The van der Waals surface area contributed by atoms with Crippen molar-refractivity contribution in [1.82, 2.24) is 14.9 Å². The van der Waals surface area contributed by atoms with Crippen molar-refractivity contribution in [2.75, 3.05) is 58.2 Å². The number of anilines is 3. The Hall–Kier alpha value is -5.03. The molecular formula is C35H41N5O6. The molecule has 0 radical (unpaired) electrons. The highest BCUT2D eigenvalue weighted by molar-refractivity contribution is 5.87. The topological polar surface area (TPSA) is 116 Å². The van der Waals surface area contributed by atoms with Crippen molar-refractivity contribution in [1.29, 1.82) is 0 Å². The lowest BCUT2D eigenvalue weighted by Crippen LogP contribution is -2.33. The number of rotatable bonds is 12. The first-order chi connectivity index (χ1) is 22.4. The van der Waals surface area contributed by atoms with Crippen LogP contribution >= 0.6 is 0 Å². The molecule has 242 valence electrons. The number of amides is 1. The van der Waals surface area contributed by atoms with E-state index in [9.17, 15) is 4.79 Å². The monoisotopic (exact) mass is 627 g/mol. The Morgan fingerprint density at radius 1 is 0.870 bits per heavy atom. The van der Waals surface area contributed by atoms with Gasteiger partial charge < -0.3 is 29.0 Å². The first-order valence-corrected chi connectivity index (χ1v) is 15.3. The van der Waals surface area contributed by atoms with Gasteiger partial charge in [0.2, 0.25) is 11.7 Å². The number of benzene rings is 3. The van der Waals surface area contributed by atoms with E-state index in [1.165, 1.54) is 25.5 Å². The third-order valence-corrected chi connectivity index (χ3v) is 7.99. The van der Waals surface area contributed by atoms with Gasteiger partial charge in [0.1, 0.15) is 23.9 Å². The van der Waals surface area contributed by atoms with Gasteiger partial charge in [0, 0.05) is 36.1 Å². The molecule has 1 aliphatic rings. The highest BCUT2D eigenvalue weighted by atomic mass is 16.6. The molecule has 1 aliphatic heterocycles. The van der Waals surface area contributed by atoms with Gasteiger partial charge in [-0.05, 0) is 80.7 Å². The average Bonchev–Trinajstić information content (AvgIpc) is 3.07. The van der Waals surface area contributed by atoms with Gasteiger partial charge >= 0.3 is 6.09 Å². The fourth-order valence-electron chi connectivity index (χ4n) is 5.38. The Morgan fingerprint density at radius 2 is 1.63 bits per heavy atom. The number of carbonyl (C=O) groups is 1. The minimum Gasteiger partial charge on any atom is -0.497 e.